The van der Waals surface area contributed by atoms with Gasteiger partial charge in [-0.25, -0.2) is 9.59 Å². The molecule has 1 fully saturated rings. The highest BCUT2D eigenvalue weighted by Crippen LogP contribution is 2.34. The molecule has 176 valence electrons. The standard InChI is InChI=1S/C23H22ClN5O4S/c1-2-33-22(31)16-6-3-4-7-17(16)26-23(32)29-13-5-8-18(29)20-27-28-21(34-20)19(30)25-15-11-9-14(24)10-12-15/h3-4,6-7,9-12,18H,2,5,8,13H2,1H3,(H,25,30)(H,26,32). The van der Waals surface area contributed by atoms with Gasteiger partial charge in [0.15, 0.2) is 0 Å². The molecule has 0 spiro atoms. The van der Waals surface area contributed by atoms with Gasteiger partial charge in [0, 0.05) is 17.3 Å². The zero-order valence-corrected chi connectivity index (χ0v) is 19.9. The Bertz CT molecular complexity index is 1200. The average Bonchev–Trinajstić information content (AvgIpc) is 3.51. The van der Waals surface area contributed by atoms with Crippen LogP contribution in [-0.2, 0) is 4.74 Å². The lowest BCUT2D eigenvalue weighted by molar-refractivity contribution is 0.0527. The van der Waals surface area contributed by atoms with E-state index in [9.17, 15) is 14.4 Å². The minimum atomic E-state index is -0.503. The normalized spacial score (nSPS) is 15.1. The molecule has 2 N–H and O–H groups in total. The summed E-state index contributed by atoms with van der Waals surface area (Å²) < 4.78 is 5.07. The number of halogens is 1. The van der Waals surface area contributed by atoms with Crippen molar-refractivity contribution in [3.05, 3.63) is 69.1 Å². The molecule has 3 amide bonds. The van der Waals surface area contributed by atoms with Crippen molar-refractivity contribution < 1.29 is 19.1 Å². The molecule has 1 aliphatic heterocycles. The van der Waals surface area contributed by atoms with Crippen LogP contribution in [-0.4, -0.2) is 46.2 Å². The van der Waals surface area contributed by atoms with Crippen LogP contribution in [0.5, 0.6) is 0 Å². The van der Waals surface area contributed by atoms with Crippen LogP contribution in [0.3, 0.4) is 0 Å². The third-order valence-corrected chi connectivity index (χ3v) is 6.47. The van der Waals surface area contributed by atoms with Crippen LogP contribution < -0.4 is 10.6 Å². The molecule has 9 nitrogen and oxygen atoms in total. The van der Waals surface area contributed by atoms with Crippen LogP contribution in [0.2, 0.25) is 5.02 Å². The molecule has 0 radical (unpaired) electrons. The third kappa shape index (κ3) is 5.35. The van der Waals surface area contributed by atoms with E-state index in [0.29, 0.717) is 34.4 Å². The van der Waals surface area contributed by atoms with Gasteiger partial charge in [-0.05, 0) is 56.2 Å². The van der Waals surface area contributed by atoms with Gasteiger partial charge in [0.05, 0.1) is 23.9 Å². The van der Waals surface area contributed by atoms with Gasteiger partial charge in [0.1, 0.15) is 5.01 Å². The number of nitrogens with one attached hydrogen (secondary N) is 2. The van der Waals surface area contributed by atoms with Gasteiger partial charge < -0.3 is 20.3 Å². The van der Waals surface area contributed by atoms with Crippen LogP contribution >= 0.6 is 22.9 Å². The molecular weight excluding hydrogens is 478 g/mol. The largest absolute Gasteiger partial charge is 0.462 e. The van der Waals surface area contributed by atoms with Crippen molar-refractivity contribution in [3.8, 4) is 0 Å². The summed E-state index contributed by atoms with van der Waals surface area (Å²) in [7, 11) is 0. The molecule has 11 heteroatoms. The lowest BCUT2D eigenvalue weighted by atomic mass is 10.2. The number of benzene rings is 2. The highest BCUT2D eigenvalue weighted by atomic mass is 35.5. The summed E-state index contributed by atoms with van der Waals surface area (Å²) in [6.07, 6.45) is 1.48. The van der Waals surface area contributed by atoms with Crippen molar-refractivity contribution in [3.63, 3.8) is 0 Å². The highest BCUT2D eigenvalue weighted by molar-refractivity contribution is 7.13. The summed E-state index contributed by atoms with van der Waals surface area (Å²) in [5.74, 6) is -0.889. The van der Waals surface area contributed by atoms with E-state index in [2.05, 4.69) is 20.8 Å². The maximum Gasteiger partial charge on any atom is 0.340 e. The molecule has 1 saturated heterocycles. The Morgan fingerprint density at radius 3 is 2.65 bits per heavy atom. The van der Waals surface area contributed by atoms with Gasteiger partial charge in [-0.15, -0.1) is 10.2 Å². The minimum absolute atomic E-state index is 0.199. The number of hydrogen-bond acceptors (Lipinski definition) is 7. The molecule has 0 aliphatic carbocycles. The number of carbonyl (C=O) groups excluding carboxylic acids is 3. The number of esters is 1. The van der Waals surface area contributed by atoms with E-state index in [-0.39, 0.29) is 35.2 Å². The Labute approximate surface area is 205 Å². The predicted octanol–water partition coefficient (Wildman–Crippen LogP) is 4.99. The van der Waals surface area contributed by atoms with Gasteiger partial charge in [0.25, 0.3) is 5.91 Å². The van der Waals surface area contributed by atoms with Crippen LogP contribution in [0, 0.1) is 0 Å². The lowest BCUT2D eigenvalue weighted by Gasteiger charge is -2.23. The van der Waals surface area contributed by atoms with Gasteiger partial charge in [-0.2, -0.15) is 0 Å². The smallest absolute Gasteiger partial charge is 0.340 e. The molecule has 4 rings (SSSR count). The highest BCUT2D eigenvalue weighted by Gasteiger charge is 2.33. The summed E-state index contributed by atoms with van der Waals surface area (Å²) >= 11 is 7.02. The second-order valence-electron chi connectivity index (χ2n) is 7.45. The topological polar surface area (TPSA) is 114 Å². The molecule has 1 atom stereocenters. The summed E-state index contributed by atoms with van der Waals surface area (Å²) in [6, 6.07) is 12.8. The fourth-order valence-corrected chi connectivity index (χ4v) is 4.62. The van der Waals surface area contributed by atoms with Gasteiger partial charge in [0.2, 0.25) is 5.01 Å². The first kappa shape index (κ1) is 23.7. The molecule has 1 unspecified atom stereocenters. The fraction of sp³-hybridized carbons (Fsp3) is 0.261. The Balaban J connectivity index is 1.45. The lowest BCUT2D eigenvalue weighted by Crippen LogP contribution is -2.34. The predicted molar refractivity (Wildman–Crippen MR) is 129 cm³/mol. The molecule has 0 bridgehead atoms. The van der Waals surface area contributed by atoms with E-state index < -0.39 is 5.97 Å². The van der Waals surface area contributed by atoms with Crippen molar-refractivity contribution >= 4 is 52.2 Å². The Kier molecular flexibility index (Phi) is 7.39. The van der Waals surface area contributed by atoms with E-state index in [1.165, 1.54) is 0 Å². The van der Waals surface area contributed by atoms with Crippen LogP contribution in [0.25, 0.3) is 0 Å². The van der Waals surface area contributed by atoms with Crippen molar-refractivity contribution in [2.24, 2.45) is 0 Å². The monoisotopic (exact) mass is 499 g/mol. The molecule has 1 aromatic heterocycles. The number of urea groups is 1. The zero-order valence-electron chi connectivity index (χ0n) is 18.3. The molecule has 0 saturated carbocycles. The Morgan fingerprint density at radius 2 is 1.88 bits per heavy atom. The van der Waals surface area contributed by atoms with Crippen molar-refractivity contribution in [1.82, 2.24) is 15.1 Å². The number of likely N-dealkylation sites (tertiary alicyclic amines) is 1. The van der Waals surface area contributed by atoms with Gasteiger partial charge in [-0.1, -0.05) is 35.1 Å². The molecule has 2 aromatic carbocycles. The third-order valence-electron chi connectivity index (χ3n) is 5.20. The summed E-state index contributed by atoms with van der Waals surface area (Å²) in [6.45, 7) is 2.48. The molecule has 34 heavy (non-hydrogen) atoms. The second-order valence-corrected chi connectivity index (χ2v) is 8.90. The molecule has 2 heterocycles. The van der Waals surface area contributed by atoms with Crippen LogP contribution in [0.15, 0.2) is 48.5 Å². The van der Waals surface area contributed by atoms with Crippen molar-refractivity contribution in [2.75, 3.05) is 23.8 Å². The summed E-state index contributed by atoms with van der Waals surface area (Å²) in [5.41, 5.74) is 1.25. The molecule has 1 aliphatic rings. The quantitative estimate of drug-likeness (QED) is 0.462. The zero-order chi connectivity index (χ0) is 24.1. The van der Waals surface area contributed by atoms with E-state index in [1.54, 1.807) is 60.4 Å². The number of rotatable bonds is 6. The Morgan fingerprint density at radius 1 is 1.12 bits per heavy atom. The number of anilines is 2. The molecular formula is C23H22ClN5O4S. The van der Waals surface area contributed by atoms with E-state index in [0.717, 1.165) is 17.8 Å². The number of aromatic nitrogens is 2. The minimum Gasteiger partial charge on any atom is -0.462 e. The number of ether oxygens (including phenoxy) is 1. The number of nitrogens with zero attached hydrogens (tertiary/aromatic N) is 3. The van der Waals surface area contributed by atoms with Crippen molar-refractivity contribution in [2.45, 2.75) is 25.8 Å². The van der Waals surface area contributed by atoms with Crippen LogP contribution in [0.4, 0.5) is 16.2 Å². The maximum atomic E-state index is 13.1. The van der Waals surface area contributed by atoms with Crippen LogP contribution in [0.1, 0.15) is 51.0 Å². The average molecular weight is 500 g/mol. The first-order valence-corrected chi connectivity index (χ1v) is 11.9. The summed E-state index contributed by atoms with van der Waals surface area (Å²) in [4.78, 5) is 39.5. The second kappa shape index (κ2) is 10.6. The number of carbonyl (C=O) groups is 3. The number of hydrogen-bond donors (Lipinski definition) is 2. The number of para-hydroxylation sites is 1. The SMILES string of the molecule is CCOC(=O)c1ccccc1NC(=O)N1CCCC1c1nnc(C(=O)Nc2ccc(Cl)cc2)s1. The maximum absolute atomic E-state index is 13.1. The molecule has 3 aromatic rings. The van der Waals surface area contributed by atoms with Gasteiger partial charge in [-0.3, -0.25) is 4.79 Å². The van der Waals surface area contributed by atoms with Crippen molar-refractivity contribution in [1.29, 1.82) is 0 Å². The first-order valence-electron chi connectivity index (χ1n) is 10.7. The number of amides is 3. The van der Waals surface area contributed by atoms with E-state index in [4.69, 9.17) is 16.3 Å². The van der Waals surface area contributed by atoms with E-state index in [1.807, 2.05) is 0 Å². The van der Waals surface area contributed by atoms with E-state index >= 15 is 0 Å². The summed E-state index contributed by atoms with van der Waals surface area (Å²) in [5, 5.41) is 15.1. The fourth-order valence-electron chi connectivity index (χ4n) is 3.61. The Hall–Kier alpha value is -3.50. The van der Waals surface area contributed by atoms with Gasteiger partial charge >= 0.3 is 12.0 Å². The first-order chi connectivity index (χ1) is 16.5.